The first-order valence-corrected chi connectivity index (χ1v) is 12.0. The molecule has 0 radical (unpaired) electrons. The molecule has 0 atom stereocenters. The molecule has 1 N–H and O–H groups in total. The largest absolute Gasteiger partial charge is 0.481 e. The van der Waals surface area contributed by atoms with Gasteiger partial charge in [-0.15, -0.1) is 0 Å². The molecule has 0 aliphatic carbocycles. The van der Waals surface area contributed by atoms with Crippen LogP contribution in [0.25, 0.3) is 39.2 Å². The molecule has 0 aliphatic heterocycles. The molecule has 0 saturated carbocycles. The van der Waals surface area contributed by atoms with Gasteiger partial charge in [0.25, 0.3) is 5.56 Å². The molecule has 0 bridgehead atoms. The molecular weight excluding hydrogens is 473 g/mol. The fraction of sp³-hybridized carbons (Fsp3) is 0.172. The van der Waals surface area contributed by atoms with Crippen molar-refractivity contribution in [3.8, 4) is 28.3 Å². The lowest BCUT2D eigenvalue weighted by atomic mass is 10.1. The summed E-state index contributed by atoms with van der Waals surface area (Å²) in [6.45, 7) is 2.02. The molecule has 5 rings (SSSR count). The number of fused-ring (bicyclic) bond motifs is 1. The number of nitrogens with zero attached hydrogens (tertiary/aromatic N) is 3. The Kier molecular flexibility index (Phi) is 6.64. The van der Waals surface area contributed by atoms with Crippen molar-refractivity contribution in [1.82, 2.24) is 14.7 Å². The number of aliphatic carboxylic acids is 1. The Morgan fingerprint density at radius 3 is 2.43 bits per heavy atom. The van der Waals surface area contributed by atoms with Gasteiger partial charge in [0.05, 0.1) is 16.6 Å². The molecular formula is C29H24FN3O4. The number of hydrogen-bond donors (Lipinski definition) is 1. The third-order valence-corrected chi connectivity index (χ3v) is 6.21. The van der Waals surface area contributed by atoms with Crippen LogP contribution < -0.4 is 5.56 Å². The van der Waals surface area contributed by atoms with Gasteiger partial charge in [0, 0.05) is 30.0 Å². The molecule has 186 valence electrons. The Hall–Kier alpha value is -4.59. The summed E-state index contributed by atoms with van der Waals surface area (Å²) in [7, 11) is 0. The van der Waals surface area contributed by atoms with Gasteiger partial charge in [0.2, 0.25) is 0 Å². The molecule has 0 spiro atoms. The highest BCUT2D eigenvalue weighted by Crippen LogP contribution is 2.28. The van der Waals surface area contributed by atoms with E-state index in [4.69, 9.17) is 14.6 Å². The molecule has 7 nitrogen and oxygen atoms in total. The maximum Gasteiger partial charge on any atom is 0.303 e. The van der Waals surface area contributed by atoms with Gasteiger partial charge >= 0.3 is 5.97 Å². The number of hydrogen-bond acceptors (Lipinski definition) is 5. The highest BCUT2D eigenvalue weighted by Gasteiger charge is 2.16. The van der Waals surface area contributed by atoms with E-state index in [2.05, 4.69) is 5.16 Å². The number of aromatic nitrogens is 3. The maximum atomic E-state index is 13.5. The van der Waals surface area contributed by atoms with E-state index in [9.17, 15) is 14.0 Å². The van der Waals surface area contributed by atoms with Crippen LogP contribution in [0.4, 0.5) is 4.39 Å². The van der Waals surface area contributed by atoms with Gasteiger partial charge in [-0.2, -0.15) is 0 Å². The molecule has 8 heteroatoms. The number of halogens is 1. The zero-order valence-corrected chi connectivity index (χ0v) is 20.1. The van der Waals surface area contributed by atoms with Crippen LogP contribution in [0, 0.1) is 12.7 Å². The van der Waals surface area contributed by atoms with Gasteiger partial charge in [-0.05, 0) is 56.2 Å². The summed E-state index contributed by atoms with van der Waals surface area (Å²) in [5.41, 5.74) is 4.13. The molecule has 3 aromatic carbocycles. The van der Waals surface area contributed by atoms with Crippen LogP contribution in [0.15, 0.2) is 82.1 Å². The summed E-state index contributed by atoms with van der Waals surface area (Å²) in [6, 6.07) is 20.7. The first kappa shape index (κ1) is 24.1. The van der Waals surface area contributed by atoms with Crippen molar-refractivity contribution in [2.24, 2.45) is 0 Å². The normalized spacial score (nSPS) is 11.2. The lowest BCUT2D eigenvalue weighted by Crippen LogP contribution is -2.24. The minimum absolute atomic E-state index is 0.0357. The minimum atomic E-state index is -0.871. The van der Waals surface area contributed by atoms with E-state index in [0.717, 1.165) is 16.7 Å². The summed E-state index contributed by atoms with van der Waals surface area (Å²) in [5, 5.41) is 13.6. The van der Waals surface area contributed by atoms with Crippen LogP contribution in [-0.2, 0) is 11.2 Å². The highest BCUT2D eigenvalue weighted by molar-refractivity contribution is 5.83. The number of carboxylic acids is 1. The molecule has 0 fully saturated rings. The number of rotatable bonds is 8. The molecule has 5 aromatic rings. The van der Waals surface area contributed by atoms with E-state index >= 15 is 0 Å². The fourth-order valence-corrected chi connectivity index (χ4v) is 4.24. The van der Waals surface area contributed by atoms with Crippen molar-refractivity contribution in [3.05, 3.63) is 100 Å². The second-order valence-corrected chi connectivity index (χ2v) is 8.92. The van der Waals surface area contributed by atoms with Crippen LogP contribution in [0.3, 0.4) is 0 Å². The quantitative estimate of drug-likeness (QED) is 0.266. The zero-order chi connectivity index (χ0) is 25.9. The molecule has 0 amide bonds. The van der Waals surface area contributed by atoms with Crippen molar-refractivity contribution in [3.63, 3.8) is 0 Å². The number of carbonyl (C=O) groups is 1. The number of benzene rings is 3. The predicted molar refractivity (Wildman–Crippen MR) is 138 cm³/mol. The molecule has 0 aliphatic rings. The third kappa shape index (κ3) is 5.18. The number of carboxylic acid groups (broad SMARTS) is 1. The Morgan fingerprint density at radius 1 is 0.973 bits per heavy atom. The maximum absolute atomic E-state index is 13.5. The van der Waals surface area contributed by atoms with E-state index in [0.29, 0.717) is 53.1 Å². The summed E-state index contributed by atoms with van der Waals surface area (Å²) >= 11 is 0. The van der Waals surface area contributed by atoms with Crippen LogP contribution in [-0.4, -0.2) is 25.8 Å². The van der Waals surface area contributed by atoms with Crippen LogP contribution in [0.5, 0.6) is 0 Å². The predicted octanol–water partition coefficient (Wildman–Crippen LogP) is 5.95. The van der Waals surface area contributed by atoms with Crippen molar-refractivity contribution in [2.45, 2.75) is 32.6 Å². The lowest BCUT2D eigenvalue weighted by molar-refractivity contribution is -0.137. The van der Waals surface area contributed by atoms with Crippen molar-refractivity contribution in [2.75, 3.05) is 0 Å². The Balaban J connectivity index is 1.55. The summed E-state index contributed by atoms with van der Waals surface area (Å²) in [6.07, 6.45) is 1.41. The first-order chi connectivity index (χ1) is 17.9. The summed E-state index contributed by atoms with van der Waals surface area (Å²) in [5.74, 6) is -0.165. The fourth-order valence-electron chi connectivity index (χ4n) is 4.24. The highest BCUT2D eigenvalue weighted by atomic mass is 19.1. The van der Waals surface area contributed by atoms with E-state index in [1.807, 2.05) is 37.3 Å². The standard InChI is InChI=1S/C29H24FN3O4/c1-18-6-8-19(9-7-18)26-17-24(32-37-26)20-10-15-23-25(16-20)31-27(4-2-3-5-28(34)35)33(29(23)36)22-13-11-21(30)12-14-22/h6-17H,2-5H2,1H3,(H,34,35). The van der Waals surface area contributed by atoms with Gasteiger partial charge in [-0.1, -0.05) is 41.1 Å². The second-order valence-electron chi connectivity index (χ2n) is 8.92. The Labute approximate surface area is 211 Å². The average Bonchev–Trinajstić information content (AvgIpc) is 3.38. The number of unbranched alkanes of at least 4 members (excludes halogenated alkanes) is 1. The second kappa shape index (κ2) is 10.2. The summed E-state index contributed by atoms with van der Waals surface area (Å²) in [4.78, 5) is 29.2. The van der Waals surface area contributed by atoms with Crippen molar-refractivity contribution < 1.29 is 18.8 Å². The molecule has 2 heterocycles. The van der Waals surface area contributed by atoms with Crippen molar-refractivity contribution >= 4 is 16.9 Å². The molecule has 0 unspecified atom stereocenters. The monoisotopic (exact) mass is 497 g/mol. The Bertz CT molecular complexity index is 1640. The molecule has 37 heavy (non-hydrogen) atoms. The van der Waals surface area contributed by atoms with E-state index in [1.54, 1.807) is 18.2 Å². The third-order valence-electron chi connectivity index (χ3n) is 6.21. The van der Waals surface area contributed by atoms with Gasteiger partial charge in [-0.25, -0.2) is 9.37 Å². The number of aryl methyl sites for hydroxylation is 2. The first-order valence-electron chi connectivity index (χ1n) is 12.0. The van der Waals surface area contributed by atoms with Crippen LogP contribution in [0.2, 0.25) is 0 Å². The van der Waals surface area contributed by atoms with E-state index in [-0.39, 0.29) is 12.0 Å². The van der Waals surface area contributed by atoms with E-state index in [1.165, 1.54) is 28.8 Å². The van der Waals surface area contributed by atoms with Crippen LogP contribution >= 0.6 is 0 Å². The summed E-state index contributed by atoms with van der Waals surface area (Å²) < 4.78 is 20.6. The minimum Gasteiger partial charge on any atom is -0.481 e. The van der Waals surface area contributed by atoms with Crippen LogP contribution in [0.1, 0.15) is 30.7 Å². The van der Waals surface area contributed by atoms with Gasteiger partial charge in [0.1, 0.15) is 17.3 Å². The van der Waals surface area contributed by atoms with E-state index < -0.39 is 11.8 Å². The molecule has 0 saturated heterocycles. The average molecular weight is 498 g/mol. The van der Waals surface area contributed by atoms with Gasteiger partial charge in [0.15, 0.2) is 5.76 Å². The van der Waals surface area contributed by atoms with Crippen molar-refractivity contribution in [1.29, 1.82) is 0 Å². The lowest BCUT2D eigenvalue weighted by Gasteiger charge is -2.14. The molecule has 2 aromatic heterocycles. The van der Waals surface area contributed by atoms with Gasteiger partial charge in [-0.3, -0.25) is 14.2 Å². The smallest absolute Gasteiger partial charge is 0.303 e. The SMILES string of the molecule is Cc1ccc(-c2cc(-c3ccc4c(=O)n(-c5ccc(F)cc5)c(CCCCC(=O)O)nc4c3)no2)cc1. The zero-order valence-electron chi connectivity index (χ0n) is 20.1. The Morgan fingerprint density at radius 2 is 1.70 bits per heavy atom. The topological polar surface area (TPSA) is 98.2 Å². The van der Waals surface area contributed by atoms with Gasteiger partial charge < -0.3 is 9.63 Å².